The highest BCUT2D eigenvalue weighted by molar-refractivity contribution is 5.85. The van der Waals surface area contributed by atoms with E-state index in [0.29, 0.717) is 44.9 Å². The molecule has 14 atom stereocenters. The normalized spacial score (nSPS) is 46.0. The maximum absolute atomic E-state index is 12.7. The molecule has 0 amide bonds. The zero-order chi connectivity index (χ0) is 37.3. The van der Waals surface area contributed by atoms with Crippen LogP contribution in [-0.2, 0) is 57.1 Å². The van der Waals surface area contributed by atoms with Gasteiger partial charge in [0, 0.05) is 56.9 Å². The van der Waals surface area contributed by atoms with Crippen LogP contribution in [0.4, 0.5) is 0 Å². The van der Waals surface area contributed by atoms with Gasteiger partial charge in [0.1, 0.15) is 12.7 Å². The van der Waals surface area contributed by atoms with Gasteiger partial charge in [0.2, 0.25) is 0 Å². The topological polar surface area (TPSA) is 190 Å². The molecule has 14 heteroatoms. The molecule has 0 aromatic rings. The van der Waals surface area contributed by atoms with Gasteiger partial charge >= 0.3 is 29.8 Å². The lowest BCUT2D eigenvalue weighted by atomic mass is 9.41. The van der Waals surface area contributed by atoms with Crippen molar-refractivity contribution in [3.63, 3.8) is 0 Å². The molecular weight excluding hydrogens is 668 g/mol. The summed E-state index contributed by atoms with van der Waals surface area (Å²) < 4.78 is 40.5. The third kappa shape index (κ3) is 6.37. The van der Waals surface area contributed by atoms with Crippen molar-refractivity contribution in [1.82, 2.24) is 0 Å². The van der Waals surface area contributed by atoms with Gasteiger partial charge in [-0.05, 0) is 69.3 Å². The fourth-order valence-electron chi connectivity index (χ4n) is 11.1. The smallest absolute Gasteiger partial charge is 0.331 e. The van der Waals surface area contributed by atoms with E-state index in [0.717, 1.165) is 5.57 Å². The molecule has 2 N–H and O–H groups in total. The molecule has 0 aromatic heterocycles. The van der Waals surface area contributed by atoms with E-state index >= 15 is 0 Å². The van der Waals surface area contributed by atoms with Crippen molar-refractivity contribution in [1.29, 1.82) is 0 Å². The van der Waals surface area contributed by atoms with Crippen LogP contribution >= 0.6 is 0 Å². The van der Waals surface area contributed by atoms with Crippen molar-refractivity contribution >= 4 is 29.8 Å². The van der Waals surface area contributed by atoms with Crippen LogP contribution in [0.1, 0.15) is 99.8 Å². The summed E-state index contributed by atoms with van der Waals surface area (Å²) in [5, 5.41) is 25.4. The highest BCUT2D eigenvalue weighted by atomic mass is 16.7. The second-order valence-corrected chi connectivity index (χ2v) is 16.2. The van der Waals surface area contributed by atoms with Gasteiger partial charge in [0.25, 0.3) is 0 Å². The van der Waals surface area contributed by atoms with Crippen LogP contribution in [0, 0.1) is 28.6 Å². The van der Waals surface area contributed by atoms with E-state index in [4.69, 9.17) is 33.2 Å². The van der Waals surface area contributed by atoms with Crippen LogP contribution in [0.25, 0.3) is 0 Å². The Morgan fingerprint density at radius 1 is 0.784 bits per heavy atom. The van der Waals surface area contributed by atoms with Crippen LogP contribution in [0.15, 0.2) is 11.6 Å². The van der Waals surface area contributed by atoms with E-state index in [1.165, 1.54) is 33.8 Å². The number of ether oxygens (including phenoxy) is 7. The van der Waals surface area contributed by atoms with Crippen LogP contribution < -0.4 is 0 Å². The summed E-state index contributed by atoms with van der Waals surface area (Å²) in [5.74, 6) is -3.60. The first kappa shape index (κ1) is 37.7. The first-order valence-corrected chi connectivity index (χ1v) is 18.1. The quantitative estimate of drug-likeness (QED) is 0.222. The molecule has 6 rings (SSSR count). The fraction of sp³-hybridized carbons (Fsp3) is 0.811. The third-order valence-electron chi connectivity index (χ3n) is 13.3. The Bertz CT molecular complexity index is 1480. The minimum Gasteiger partial charge on any atom is -0.462 e. The Morgan fingerprint density at radius 2 is 1.41 bits per heavy atom. The molecule has 0 spiro atoms. The molecular formula is C37H52O14. The Balaban J connectivity index is 1.27. The van der Waals surface area contributed by atoms with Gasteiger partial charge in [-0.1, -0.05) is 13.8 Å². The third-order valence-corrected chi connectivity index (χ3v) is 13.3. The molecule has 4 aliphatic carbocycles. The highest BCUT2D eigenvalue weighted by Gasteiger charge is 2.73. The number of carbonyl (C=O) groups is 5. The Morgan fingerprint density at radius 3 is 2.02 bits per heavy atom. The minimum absolute atomic E-state index is 0.120. The lowest BCUT2D eigenvalue weighted by Gasteiger charge is -2.67. The van der Waals surface area contributed by atoms with Gasteiger partial charge in [-0.2, -0.15) is 0 Å². The van der Waals surface area contributed by atoms with E-state index in [1.54, 1.807) is 6.92 Å². The summed E-state index contributed by atoms with van der Waals surface area (Å²) in [6.07, 6.45) is -1.75. The SMILES string of the molecule is CC(=O)O[C@@H]1[C@@H](OC(C)=O)[C@@H](OC(C)=O)C(O[C@H]2CC[C@]3(C)[C@@H]4[C@@H](CC[C@]3(O)C2)[C@@]2(O)CC[C@H](C3=CC(=O)OC3)[C@@]2(C)C[C@H]4OC(C)=O)O[C@H]1C. The molecule has 0 radical (unpaired) electrons. The van der Waals surface area contributed by atoms with Gasteiger partial charge in [-0.15, -0.1) is 0 Å². The van der Waals surface area contributed by atoms with Crippen LogP contribution in [0.3, 0.4) is 0 Å². The van der Waals surface area contributed by atoms with Crippen molar-refractivity contribution in [2.45, 2.75) is 154 Å². The highest BCUT2D eigenvalue weighted by Crippen LogP contribution is 2.71. The largest absolute Gasteiger partial charge is 0.462 e. The number of esters is 5. The molecule has 4 saturated carbocycles. The zero-order valence-electron chi connectivity index (χ0n) is 30.5. The molecule has 6 aliphatic rings. The number of hydrogen-bond acceptors (Lipinski definition) is 14. The van der Waals surface area contributed by atoms with Crippen molar-refractivity contribution in [2.24, 2.45) is 28.6 Å². The van der Waals surface area contributed by atoms with Crippen LogP contribution in [0.5, 0.6) is 0 Å². The Kier molecular flexibility index (Phi) is 9.91. The second-order valence-electron chi connectivity index (χ2n) is 16.2. The first-order valence-electron chi connectivity index (χ1n) is 18.1. The lowest BCUT2D eigenvalue weighted by Crippen LogP contribution is -2.71. The van der Waals surface area contributed by atoms with Gasteiger partial charge in [0.05, 0.1) is 23.4 Å². The fourth-order valence-corrected chi connectivity index (χ4v) is 11.1. The van der Waals surface area contributed by atoms with Gasteiger partial charge in [-0.3, -0.25) is 19.2 Å². The number of rotatable bonds is 7. The molecule has 0 aromatic carbocycles. The summed E-state index contributed by atoms with van der Waals surface area (Å²) in [6, 6.07) is 0. The van der Waals surface area contributed by atoms with Crippen molar-refractivity contribution in [2.75, 3.05) is 6.61 Å². The molecule has 14 nitrogen and oxygen atoms in total. The molecule has 2 aliphatic heterocycles. The van der Waals surface area contributed by atoms with Gasteiger partial charge < -0.3 is 43.4 Å². The van der Waals surface area contributed by atoms with E-state index in [-0.39, 0.29) is 36.8 Å². The van der Waals surface area contributed by atoms with Gasteiger partial charge in [0.15, 0.2) is 24.6 Å². The summed E-state index contributed by atoms with van der Waals surface area (Å²) in [4.78, 5) is 61.0. The van der Waals surface area contributed by atoms with Crippen LogP contribution in [0.2, 0.25) is 0 Å². The maximum atomic E-state index is 12.7. The molecule has 1 unspecified atom stereocenters. The molecule has 1 saturated heterocycles. The number of carbonyl (C=O) groups excluding carboxylic acids is 5. The van der Waals surface area contributed by atoms with Crippen molar-refractivity contribution < 1.29 is 67.3 Å². The summed E-state index contributed by atoms with van der Waals surface area (Å²) in [7, 11) is 0. The van der Waals surface area contributed by atoms with E-state index < -0.39 is 88.8 Å². The van der Waals surface area contributed by atoms with Crippen molar-refractivity contribution in [3.8, 4) is 0 Å². The predicted octanol–water partition coefficient (Wildman–Crippen LogP) is 2.83. The zero-order valence-corrected chi connectivity index (χ0v) is 30.5. The summed E-state index contributed by atoms with van der Waals surface area (Å²) in [5.41, 5.74) is -3.04. The monoisotopic (exact) mass is 720 g/mol. The lowest BCUT2D eigenvalue weighted by molar-refractivity contribution is -0.326. The Hall–Kier alpha value is -3.07. The van der Waals surface area contributed by atoms with E-state index in [1.807, 2.05) is 13.8 Å². The summed E-state index contributed by atoms with van der Waals surface area (Å²) >= 11 is 0. The second kappa shape index (κ2) is 13.4. The maximum Gasteiger partial charge on any atom is 0.331 e. The molecule has 284 valence electrons. The molecule has 0 bridgehead atoms. The first-order chi connectivity index (χ1) is 23.8. The number of hydrogen-bond donors (Lipinski definition) is 2. The Labute approximate surface area is 297 Å². The number of fused-ring (bicyclic) bond motifs is 5. The summed E-state index contributed by atoms with van der Waals surface area (Å²) in [6.45, 7) is 10.8. The molecule has 2 heterocycles. The van der Waals surface area contributed by atoms with Gasteiger partial charge in [-0.25, -0.2) is 4.79 Å². The molecule has 51 heavy (non-hydrogen) atoms. The van der Waals surface area contributed by atoms with Crippen molar-refractivity contribution in [3.05, 3.63) is 11.6 Å². The number of cyclic esters (lactones) is 1. The van der Waals surface area contributed by atoms with E-state index in [9.17, 15) is 34.2 Å². The van der Waals surface area contributed by atoms with E-state index in [2.05, 4.69) is 0 Å². The van der Waals surface area contributed by atoms with Crippen LogP contribution in [-0.4, -0.2) is 101 Å². The average Bonchev–Trinajstić information content (AvgIpc) is 3.55. The minimum atomic E-state index is -1.29. The standard InChI is InChI=1S/C37H52O14/c1-18-30(48-20(3)39)31(49-21(4)40)32(50-22(5)41)33(46-18)51-24-8-11-34(6)29-26(9-12-36(34,43)15-24)37(44)13-10-25(23-14-28(42)45-17-23)35(37,7)16-27(29)47-19(2)38/h14,18,24-27,29-33,43-44H,8-13,15-17H2,1-7H3/t18-,24-,25+,26+,27+,29+,30-,31+,32+,33?,34+,35+,36-,37-/m0/s1. The molecule has 5 fully saturated rings. The average molecular weight is 721 g/mol. The number of aliphatic hydroxyl groups is 2. The predicted molar refractivity (Wildman–Crippen MR) is 174 cm³/mol.